The van der Waals surface area contributed by atoms with E-state index in [1.54, 1.807) is 13.0 Å². The standard InChI is InChI=1S/C15H14O6/c1-9(11-4-5-13(21-11)15(16)17)18-7-10-2-3-12-14(6-10)20-8-19-12/h2-6,9H,7-8H2,1H3,(H,16,17). The maximum atomic E-state index is 10.8. The molecule has 0 amide bonds. The summed E-state index contributed by atoms with van der Waals surface area (Å²) in [6.45, 7) is 2.40. The van der Waals surface area contributed by atoms with Gasteiger partial charge in [0.2, 0.25) is 12.6 Å². The number of fused-ring (bicyclic) bond motifs is 1. The zero-order valence-electron chi connectivity index (χ0n) is 11.4. The van der Waals surface area contributed by atoms with Crippen molar-refractivity contribution in [3.05, 3.63) is 47.4 Å². The summed E-state index contributed by atoms with van der Waals surface area (Å²) < 4.78 is 21.4. The topological polar surface area (TPSA) is 78.1 Å². The second kappa shape index (κ2) is 5.49. The quantitative estimate of drug-likeness (QED) is 0.912. The van der Waals surface area contributed by atoms with Crippen molar-refractivity contribution in [2.24, 2.45) is 0 Å². The molecule has 6 heteroatoms. The predicted molar refractivity (Wildman–Crippen MR) is 71.4 cm³/mol. The van der Waals surface area contributed by atoms with Crippen LogP contribution in [0.1, 0.15) is 34.9 Å². The van der Waals surface area contributed by atoms with Gasteiger partial charge in [0, 0.05) is 0 Å². The van der Waals surface area contributed by atoms with E-state index in [-0.39, 0.29) is 18.7 Å². The summed E-state index contributed by atoms with van der Waals surface area (Å²) in [6.07, 6.45) is -0.344. The van der Waals surface area contributed by atoms with Crippen LogP contribution in [0.4, 0.5) is 0 Å². The smallest absolute Gasteiger partial charge is 0.371 e. The van der Waals surface area contributed by atoms with Gasteiger partial charge >= 0.3 is 5.97 Å². The van der Waals surface area contributed by atoms with Crippen LogP contribution < -0.4 is 9.47 Å². The van der Waals surface area contributed by atoms with E-state index in [2.05, 4.69) is 0 Å². The van der Waals surface area contributed by atoms with Crippen LogP contribution in [0.25, 0.3) is 0 Å². The van der Waals surface area contributed by atoms with Gasteiger partial charge in [-0.25, -0.2) is 4.79 Å². The third-order valence-electron chi connectivity index (χ3n) is 3.18. The Kier molecular flexibility index (Phi) is 3.53. The Morgan fingerprint density at radius 3 is 2.86 bits per heavy atom. The molecule has 1 aliphatic heterocycles. The van der Waals surface area contributed by atoms with Gasteiger partial charge in [-0.1, -0.05) is 6.07 Å². The average Bonchev–Trinajstić information content (AvgIpc) is 3.12. The molecule has 110 valence electrons. The highest BCUT2D eigenvalue weighted by molar-refractivity contribution is 5.84. The number of hydrogen-bond donors (Lipinski definition) is 1. The normalized spacial score (nSPS) is 14.1. The number of hydrogen-bond acceptors (Lipinski definition) is 5. The van der Waals surface area contributed by atoms with Crippen molar-refractivity contribution in [3.63, 3.8) is 0 Å². The van der Waals surface area contributed by atoms with Gasteiger partial charge in [0.15, 0.2) is 11.5 Å². The summed E-state index contributed by atoms with van der Waals surface area (Å²) >= 11 is 0. The summed E-state index contributed by atoms with van der Waals surface area (Å²) in [5, 5.41) is 8.82. The number of rotatable bonds is 5. The van der Waals surface area contributed by atoms with Crippen molar-refractivity contribution in [2.75, 3.05) is 6.79 Å². The van der Waals surface area contributed by atoms with Crippen molar-refractivity contribution in [1.82, 2.24) is 0 Å². The van der Waals surface area contributed by atoms with E-state index in [1.807, 2.05) is 18.2 Å². The van der Waals surface area contributed by atoms with E-state index in [9.17, 15) is 4.79 Å². The molecule has 1 N–H and O–H groups in total. The van der Waals surface area contributed by atoms with Gasteiger partial charge in [0.25, 0.3) is 0 Å². The maximum Gasteiger partial charge on any atom is 0.371 e. The molecule has 1 atom stereocenters. The third-order valence-corrected chi connectivity index (χ3v) is 3.18. The van der Waals surface area contributed by atoms with Gasteiger partial charge < -0.3 is 23.7 Å². The summed E-state index contributed by atoms with van der Waals surface area (Å²) in [4.78, 5) is 10.8. The molecule has 0 aliphatic carbocycles. The van der Waals surface area contributed by atoms with Gasteiger partial charge in [0.1, 0.15) is 11.9 Å². The molecule has 1 aliphatic rings. The Labute approximate surface area is 120 Å². The first kappa shape index (κ1) is 13.5. The number of carboxylic acids is 1. The molecule has 2 aromatic rings. The van der Waals surface area contributed by atoms with Crippen molar-refractivity contribution in [2.45, 2.75) is 19.6 Å². The number of benzene rings is 1. The zero-order valence-corrected chi connectivity index (χ0v) is 11.4. The molecule has 1 aromatic carbocycles. The minimum Gasteiger partial charge on any atom is -0.475 e. The fraction of sp³-hybridized carbons (Fsp3) is 0.267. The third kappa shape index (κ3) is 2.85. The lowest BCUT2D eigenvalue weighted by molar-refractivity contribution is 0.0360. The zero-order chi connectivity index (χ0) is 14.8. The van der Waals surface area contributed by atoms with Crippen LogP contribution in [0.3, 0.4) is 0 Å². The van der Waals surface area contributed by atoms with E-state index in [1.165, 1.54) is 6.07 Å². The Bertz CT molecular complexity index is 660. The van der Waals surface area contributed by atoms with Crippen LogP contribution in [-0.4, -0.2) is 17.9 Å². The lowest BCUT2D eigenvalue weighted by Crippen LogP contribution is -2.00. The highest BCUT2D eigenvalue weighted by atomic mass is 16.7. The van der Waals surface area contributed by atoms with Crippen LogP contribution >= 0.6 is 0 Å². The van der Waals surface area contributed by atoms with Gasteiger partial charge in [-0.3, -0.25) is 0 Å². The predicted octanol–water partition coefficient (Wildman–Crippen LogP) is 2.98. The van der Waals surface area contributed by atoms with Crippen molar-refractivity contribution < 1.29 is 28.5 Å². The largest absolute Gasteiger partial charge is 0.475 e. The van der Waals surface area contributed by atoms with Crippen molar-refractivity contribution in [1.29, 1.82) is 0 Å². The average molecular weight is 290 g/mol. The van der Waals surface area contributed by atoms with Crippen molar-refractivity contribution >= 4 is 5.97 Å². The molecule has 1 aromatic heterocycles. The van der Waals surface area contributed by atoms with Crippen LogP contribution in [-0.2, 0) is 11.3 Å². The molecule has 0 fully saturated rings. The highest BCUT2D eigenvalue weighted by Crippen LogP contribution is 2.33. The van der Waals surface area contributed by atoms with Gasteiger partial charge in [-0.05, 0) is 36.8 Å². The molecule has 0 bridgehead atoms. The van der Waals surface area contributed by atoms with E-state index in [0.717, 1.165) is 11.3 Å². The summed E-state index contributed by atoms with van der Waals surface area (Å²) in [5.41, 5.74) is 0.941. The SMILES string of the molecule is CC(OCc1ccc2c(c1)OCO2)c1ccc(C(=O)O)o1. The van der Waals surface area contributed by atoms with Gasteiger partial charge in [0.05, 0.1) is 6.61 Å². The molecule has 0 spiro atoms. The van der Waals surface area contributed by atoms with Crippen molar-refractivity contribution in [3.8, 4) is 11.5 Å². The minimum absolute atomic E-state index is 0.0940. The number of furan rings is 1. The summed E-state index contributed by atoms with van der Waals surface area (Å²) in [7, 11) is 0. The first-order valence-electron chi connectivity index (χ1n) is 6.46. The Hall–Kier alpha value is -2.47. The minimum atomic E-state index is -1.09. The Morgan fingerprint density at radius 1 is 1.29 bits per heavy atom. The van der Waals surface area contributed by atoms with Gasteiger partial charge in [-0.2, -0.15) is 0 Å². The first-order chi connectivity index (χ1) is 10.1. The molecule has 1 unspecified atom stereocenters. The van der Waals surface area contributed by atoms with Gasteiger partial charge in [-0.15, -0.1) is 0 Å². The molecule has 3 rings (SSSR count). The molecule has 0 saturated carbocycles. The highest BCUT2D eigenvalue weighted by Gasteiger charge is 2.16. The Morgan fingerprint density at radius 2 is 2.10 bits per heavy atom. The summed E-state index contributed by atoms with van der Waals surface area (Å²) in [6, 6.07) is 8.61. The number of ether oxygens (including phenoxy) is 3. The fourth-order valence-electron chi connectivity index (χ4n) is 2.02. The first-order valence-corrected chi connectivity index (χ1v) is 6.46. The lowest BCUT2D eigenvalue weighted by atomic mass is 10.2. The number of carboxylic acid groups (broad SMARTS) is 1. The van der Waals surface area contributed by atoms with Crippen LogP contribution in [0, 0.1) is 0 Å². The van der Waals surface area contributed by atoms with E-state index >= 15 is 0 Å². The number of aromatic carboxylic acids is 1. The molecule has 2 heterocycles. The lowest BCUT2D eigenvalue weighted by Gasteiger charge is -2.11. The second-order valence-electron chi connectivity index (χ2n) is 4.65. The van der Waals surface area contributed by atoms with Crippen LogP contribution in [0.15, 0.2) is 34.7 Å². The maximum absolute atomic E-state index is 10.8. The molecular weight excluding hydrogens is 276 g/mol. The van der Waals surface area contributed by atoms with E-state index in [4.69, 9.17) is 23.7 Å². The Balaban J connectivity index is 1.62. The molecule has 0 saturated heterocycles. The van der Waals surface area contributed by atoms with Crippen LogP contribution in [0.5, 0.6) is 11.5 Å². The van der Waals surface area contributed by atoms with Crippen LogP contribution in [0.2, 0.25) is 0 Å². The molecular formula is C15H14O6. The molecule has 6 nitrogen and oxygen atoms in total. The summed E-state index contributed by atoms with van der Waals surface area (Å²) in [5.74, 6) is 0.722. The number of carbonyl (C=O) groups is 1. The van der Waals surface area contributed by atoms with E-state index < -0.39 is 5.97 Å². The monoisotopic (exact) mass is 290 g/mol. The fourth-order valence-corrected chi connectivity index (χ4v) is 2.02. The second-order valence-corrected chi connectivity index (χ2v) is 4.65. The molecule has 21 heavy (non-hydrogen) atoms. The molecule has 0 radical (unpaired) electrons. The van der Waals surface area contributed by atoms with E-state index in [0.29, 0.717) is 18.1 Å².